The number of nitro benzene ring substituents is 1. The quantitative estimate of drug-likeness (QED) is 0.289. The topological polar surface area (TPSA) is 100 Å². The van der Waals surface area contributed by atoms with Crippen LogP contribution in [-0.2, 0) is 0 Å². The second kappa shape index (κ2) is 7.96. The summed E-state index contributed by atoms with van der Waals surface area (Å²) in [6.45, 7) is 0. The Morgan fingerprint density at radius 1 is 1.07 bits per heavy atom. The number of carbonyl (C=O) groups excluding carboxylic acids is 1. The van der Waals surface area contributed by atoms with E-state index in [9.17, 15) is 19.3 Å². The zero-order valence-electron chi connectivity index (χ0n) is 15.5. The second-order valence-corrected chi connectivity index (χ2v) is 6.48. The Kier molecular flexibility index (Phi) is 5.04. The highest BCUT2D eigenvalue weighted by molar-refractivity contribution is 6.09. The molecule has 0 unspecified atom stereocenters. The number of hydrogen-bond donors (Lipinski definition) is 2. The number of amides is 1. The highest BCUT2D eigenvalue weighted by Crippen LogP contribution is 2.32. The fraction of sp³-hybridized carbons (Fsp3) is 0. The van der Waals surface area contributed by atoms with E-state index < -0.39 is 16.6 Å². The SMILES string of the molecule is O=C(NN=Cc1ccc([N+](=O)[O-])cc1)c1[nH]c2ccc(F)cc2c1-c1ccccc1. The number of carbonyl (C=O) groups is 1. The van der Waals surface area contributed by atoms with Crippen LogP contribution in [0.5, 0.6) is 0 Å². The van der Waals surface area contributed by atoms with Gasteiger partial charge < -0.3 is 4.98 Å². The summed E-state index contributed by atoms with van der Waals surface area (Å²) >= 11 is 0. The van der Waals surface area contributed by atoms with Crippen molar-refractivity contribution in [3.05, 3.63) is 100.0 Å². The van der Waals surface area contributed by atoms with Gasteiger partial charge in [0.2, 0.25) is 0 Å². The number of nitrogens with one attached hydrogen (secondary N) is 2. The molecule has 0 fully saturated rings. The molecule has 0 saturated heterocycles. The summed E-state index contributed by atoms with van der Waals surface area (Å²) in [6.07, 6.45) is 1.38. The number of nitrogens with zero attached hydrogens (tertiary/aromatic N) is 2. The Hall–Kier alpha value is -4.33. The van der Waals surface area contributed by atoms with Crippen molar-refractivity contribution in [2.24, 2.45) is 5.10 Å². The molecule has 148 valence electrons. The van der Waals surface area contributed by atoms with Crippen LogP contribution in [-0.4, -0.2) is 22.0 Å². The van der Waals surface area contributed by atoms with Crippen molar-refractivity contribution in [3.63, 3.8) is 0 Å². The number of rotatable bonds is 5. The predicted octanol–water partition coefficient (Wildman–Crippen LogP) is 4.65. The van der Waals surface area contributed by atoms with E-state index in [-0.39, 0.29) is 11.4 Å². The molecule has 7 nitrogen and oxygen atoms in total. The molecule has 1 amide bonds. The Balaban J connectivity index is 1.64. The average Bonchev–Trinajstić information content (AvgIpc) is 3.13. The number of nitro groups is 1. The van der Waals surface area contributed by atoms with Crippen molar-refractivity contribution in [1.82, 2.24) is 10.4 Å². The zero-order valence-corrected chi connectivity index (χ0v) is 15.5. The van der Waals surface area contributed by atoms with E-state index >= 15 is 0 Å². The molecule has 8 heteroatoms. The maximum absolute atomic E-state index is 13.8. The molecule has 4 aromatic rings. The van der Waals surface area contributed by atoms with E-state index in [1.807, 2.05) is 30.3 Å². The number of aromatic amines is 1. The van der Waals surface area contributed by atoms with Crippen LogP contribution in [0, 0.1) is 15.9 Å². The van der Waals surface area contributed by atoms with Crippen LogP contribution in [0.25, 0.3) is 22.0 Å². The molecule has 0 spiro atoms. The lowest BCUT2D eigenvalue weighted by Crippen LogP contribution is -2.18. The van der Waals surface area contributed by atoms with Crippen molar-refractivity contribution < 1.29 is 14.1 Å². The molecule has 4 rings (SSSR count). The second-order valence-electron chi connectivity index (χ2n) is 6.48. The molecule has 0 aliphatic heterocycles. The van der Waals surface area contributed by atoms with E-state index in [0.29, 0.717) is 22.0 Å². The average molecular weight is 402 g/mol. The molecule has 0 atom stereocenters. The summed E-state index contributed by atoms with van der Waals surface area (Å²) in [5.41, 5.74) is 5.21. The number of hydrogen-bond acceptors (Lipinski definition) is 4. The summed E-state index contributed by atoms with van der Waals surface area (Å²) in [7, 11) is 0. The number of fused-ring (bicyclic) bond motifs is 1. The third-order valence-corrected chi connectivity index (χ3v) is 4.53. The zero-order chi connectivity index (χ0) is 21.1. The minimum atomic E-state index is -0.497. The van der Waals surface area contributed by atoms with Crippen LogP contribution >= 0.6 is 0 Å². The van der Waals surface area contributed by atoms with Gasteiger partial charge in [0.1, 0.15) is 11.5 Å². The molecule has 1 aromatic heterocycles. The van der Waals surface area contributed by atoms with Gasteiger partial charge >= 0.3 is 0 Å². The van der Waals surface area contributed by atoms with Crippen molar-refractivity contribution >= 4 is 28.7 Å². The largest absolute Gasteiger partial charge is 0.350 e. The van der Waals surface area contributed by atoms with Gasteiger partial charge in [-0.1, -0.05) is 30.3 Å². The maximum atomic E-state index is 13.8. The fourth-order valence-corrected chi connectivity index (χ4v) is 3.14. The van der Waals surface area contributed by atoms with Gasteiger partial charge in [0.05, 0.1) is 11.1 Å². The molecule has 0 saturated carbocycles. The van der Waals surface area contributed by atoms with Gasteiger partial charge in [-0.05, 0) is 41.5 Å². The molecule has 3 aromatic carbocycles. The molecule has 0 radical (unpaired) electrons. The third-order valence-electron chi connectivity index (χ3n) is 4.53. The van der Waals surface area contributed by atoms with E-state index in [4.69, 9.17) is 0 Å². The summed E-state index contributed by atoms with van der Waals surface area (Å²) < 4.78 is 13.8. The number of halogens is 1. The molecule has 0 aliphatic rings. The van der Waals surface area contributed by atoms with Gasteiger partial charge in [-0.15, -0.1) is 0 Å². The molecule has 2 N–H and O–H groups in total. The van der Waals surface area contributed by atoms with Crippen molar-refractivity contribution in [1.29, 1.82) is 0 Å². The maximum Gasteiger partial charge on any atom is 0.288 e. The van der Waals surface area contributed by atoms with E-state index in [1.54, 1.807) is 6.07 Å². The standard InChI is InChI=1S/C22H15FN4O3/c23-16-8-11-19-18(12-16)20(15-4-2-1-3-5-15)21(25-19)22(28)26-24-13-14-6-9-17(10-7-14)27(29)30/h1-13,25H,(H,26,28). The lowest BCUT2D eigenvalue weighted by atomic mass is 10.0. The van der Waals surface area contributed by atoms with Crippen LogP contribution in [0.1, 0.15) is 16.1 Å². The normalized spacial score (nSPS) is 11.1. The van der Waals surface area contributed by atoms with Crippen LogP contribution < -0.4 is 5.43 Å². The predicted molar refractivity (Wildman–Crippen MR) is 112 cm³/mol. The van der Waals surface area contributed by atoms with Crippen LogP contribution in [0.3, 0.4) is 0 Å². The highest BCUT2D eigenvalue weighted by Gasteiger charge is 2.19. The monoisotopic (exact) mass is 402 g/mol. The Morgan fingerprint density at radius 3 is 2.50 bits per heavy atom. The Labute approximate surface area is 170 Å². The van der Waals surface area contributed by atoms with Crippen molar-refractivity contribution in [2.75, 3.05) is 0 Å². The van der Waals surface area contributed by atoms with E-state index in [0.717, 1.165) is 5.56 Å². The van der Waals surface area contributed by atoms with Gasteiger partial charge in [0, 0.05) is 28.6 Å². The smallest absolute Gasteiger partial charge is 0.288 e. The first kappa shape index (κ1) is 19.0. The van der Waals surface area contributed by atoms with Crippen LogP contribution in [0.2, 0.25) is 0 Å². The lowest BCUT2D eigenvalue weighted by Gasteiger charge is -2.04. The number of H-pyrrole nitrogens is 1. The summed E-state index contributed by atoms with van der Waals surface area (Å²) in [4.78, 5) is 26.0. The van der Waals surface area contributed by atoms with Crippen LogP contribution in [0.15, 0.2) is 77.9 Å². The van der Waals surface area contributed by atoms with Gasteiger partial charge in [0.15, 0.2) is 0 Å². The van der Waals surface area contributed by atoms with E-state index in [1.165, 1.54) is 42.6 Å². The molecular formula is C22H15FN4O3. The first-order chi connectivity index (χ1) is 14.5. The van der Waals surface area contributed by atoms with Gasteiger partial charge in [-0.2, -0.15) is 5.10 Å². The molecule has 1 heterocycles. The van der Waals surface area contributed by atoms with Gasteiger partial charge in [-0.3, -0.25) is 14.9 Å². The summed E-state index contributed by atoms with van der Waals surface area (Å²) in [5, 5.41) is 15.2. The minimum Gasteiger partial charge on any atom is -0.350 e. The lowest BCUT2D eigenvalue weighted by molar-refractivity contribution is -0.384. The van der Waals surface area contributed by atoms with E-state index in [2.05, 4.69) is 15.5 Å². The molecular weight excluding hydrogens is 387 g/mol. The Morgan fingerprint density at radius 2 is 1.80 bits per heavy atom. The van der Waals surface area contributed by atoms with Gasteiger partial charge in [-0.25, -0.2) is 9.82 Å². The summed E-state index contributed by atoms with van der Waals surface area (Å²) in [5.74, 6) is -0.898. The fourth-order valence-electron chi connectivity index (χ4n) is 3.14. The third kappa shape index (κ3) is 3.79. The van der Waals surface area contributed by atoms with Gasteiger partial charge in [0.25, 0.3) is 11.6 Å². The number of hydrazone groups is 1. The number of aromatic nitrogens is 1. The van der Waals surface area contributed by atoms with Crippen LogP contribution in [0.4, 0.5) is 10.1 Å². The number of benzene rings is 3. The highest BCUT2D eigenvalue weighted by atomic mass is 19.1. The first-order valence-corrected chi connectivity index (χ1v) is 8.97. The van der Waals surface area contributed by atoms with Crippen molar-refractivity contribution in [3.8, 4) is 11.1 Å². The summed E-state index contributed by atoms with van der Waals surface area (Å²) in [6, 6.07) is 19.2. The first-order valence-electron chi connectivity index (χ1n) is 8.97. The molecule has 0 bridgehead atoms. The molecule has 30 heavy (non-hydrogen) atoms. The Bertz CT molecular complexity index is 1270. The van der Waals surface area contributed by atoms with Crippen molar-refractivity contribution in [2.45, 2.75) is 0 Å². The minimum absolute atomic E-state index is 0.0333. The molecule has 0 aliphatic carbocycles. The number of non-ortho nitro benzene ring substituents is 1.